The number of hydrogen-bond donors (Lipinski definition) is 0. The van der Waals surface area contributed by atoms with E-state index in [4.69, 9.17) is 15.9 Å². The van der Waals surface area contributed by atoms with Gasteiger partial charge in [-0.2, -0.15) is 0 Å². The summed E-state index contributed by atoms with van der Waals surface area (Å²) in [5.41, 5.74) is 2.27. The maximum Gasteiger partial charge on any atom is 0.158 e. The Labute approximate surface area is 104 Å². The van der Waals surface area contributed by atoms with Crippen molar-refractivity contribution >= 4 is 0 Å². The van der Waals surface area contributed by atoms with Crippen LogP contribution in [0.2, 0.25) is 0 Å². The molecule has 0 spiro atoms. The fraction of sp³-hybridized carbons (Fsp3) is 0.600. The van der Waals surface area contributed by atoms with Crippen molar-refractivity contribution in [2.24, 2.45) is 5.92 Å². The highest BCUT2D eigenvalue weighted by Gasteiger charge is 2.26. The summed E-state index contributed by atoms with van der Waals surface area (Å²) in [7, 11) is 0. The van der Waals surface area contributed by atoms with Gasteiger partial charge in [0, 0.05) is 18.9 Å². The van der Waals surface area contributed by atoms with E-state index in [1.807, 2.05) is 6.92 Å². The van der Waals surface area contributed by atoms with Gasteiger partial charge < -0.3 is 9.47 Å². The van der Waals surface area contributed by atoms with Gasteiger partial charge >= 0.3 is 0 Å². The lowest BCUT2D eigenvalue weighted by atomic mass is 9.98. The lowest BCUT2D eigenvalue weighted by molar-refractivity contribution is -0.177. The first kappa shape index (κ1) is 12.4. The first-order valence-corrected chi connectivity index (χ1v) is 6.33. The molecular formula is C15H20O2. The largest absolute Gasteiger partial charge is 0.353 e. The van der Waals surface area contributed by atoms with E-state index < -0.39 is 0 Å². The van der Waals surface area contributed by atoms with Gasteiger partial charge in [0.1, 0.15) is 0 Å². The lowest BCUT2D eigenvalue weighted by Gasteiger charge is -2.25. The summed E-state index contributed by atoms with van der Waals surface area (Å²) >= 11 is 0. The van der Waals surface area contributed by atoms with Gasteiger partial charge in [-0.25, -0.2) is 0 Å². The van der Waals surface area contributed by atoms with Crippen molar-refractivity contribution in [2.75, 3.05) is 6.61 Å². The van der Waals surface area contributed by atoms with Crippen LogP contribution in [0, 0.1) is 18.3 Å². The summed E-state index contributed by atoms with van der Waals surface area (Å²) in [6.07, 6.45) is 11.8. The minimum atomic E-state index is -0.0432. The summed E-state index contributed by atoms with van der Waals surface area (Å²) in [6.45, 7) is 6.90. The molecule has 17 heavy (non-hydrogen) atoms. The molecule has 3 atom stereocenters. The molecule has 2 aliphatic rings. The van der Waals surface area contributed by atoms with E-state index in [9.17, 15) is 0 Å². The predicted molar refractivity (Wildman–Crippen MR) is 68.3 cm³/mol. The third kappa shape index (κ3) is 3.00. The molecule has 0 amide bonds. The Morgan fingerprint density at radius 3 is 3.06 bits per heavy atom. The quantitative estimate of drug-likeness (QED) is 0.696. The smallest absolute Gasteiger partial charge is 0.158 e. The molecule has 1 heterocycles. The molecule has 0 aromatic carbocycles. The summed E-state index contributed by atoms with van der Waals surface area (Å²) in [4.78, 5) is 0. The Balaban J connectivity index is 1.93. The summed E-state index contributed by atoms with van der Waals surface area (Å²) in [5, 5.41) is 0. The highest BCUT2D eigenvalue weighted by atomic mass is 16.7. The van der Waals surface area contributed by atoms with E-state index in [1.54, 1.807) is 0 Å². The molecule has 2 heteroatoms. The van der Waals surface area contributed by atoms with E-state index in [0.29, 0.717) is 0 Å². The topological polar surface area (TPSA) is 18.5 Å². The van der Waals surface area contributed by atoms with Crippen LogP contribution in [-0.2, 0) is 9.47 Å². The molecule has 1 saturated heterocycles. The third-order valence-electron chi connectivity index (χ3n) is 3.40. The van der Waals surface area contributed by atoms with Crippen LogP contribution >= 0.6 is 0 Å². The fourth-order valence-electron chi connectivity index (χ4n) is 2.38. The standard InChI is InChI=1S/C15H20O2/c1-4-11(2)14-10-13(9-12(14)3)17-15-7-5-6-8-16-15/h1,10-11,13,15H,3,5-9H2,2H3/t11?,13-,15?/m0/s1. The second-order valence-corrected chi connectivity index (χ2v) is 4.79. The second kappa shape index (κ2) is 5.53. The second-order valence-electron chi connectivity index (χ2n) is 4.79. The van der Waals surface area contributed by atoms with Crippen molar-refractivity contribution in [3.8, 4) is 12.3 Å². The van der Waals surface area contributed by atoms with Gasteiger partial charge in [0.05, 0.1) is 6.10 Å². The minimum Gasteiger partial charge on any atom is -0.353 e. The lowest BCUT2D eigenvalue weighted by Crippen LogP contribution is -2.26. The molecule has 2 rings (SSSR count). The first-order valence-electron chi connectivity index (χ1n) is 6.33. The van der Waals surface area contributed by atoms with E-state index in [2.05, 4.69) is 18.6 Å². The van der Waals surface area contributed by atoms with Crippen molar-refractivity contribution in [1.82, 2.24) is 0 Å². The zero-order chi connectivity index (χ0) is 12.3. The number of terminal acetylenes is 1. The molecule has 1 aliphatic carbocycles. The predicted octanol–water partition coefficient (Wildman–Crippen LogP) is 3.05. The van der Waals surface area contributed by atoms with Gasteiger partial charge in [0.15, 0.2) is 6.29 Å². The average molecular weight is 232 g/mol. The monoisotopic (exact) mass is 232 g/mol. The van der Waals surface area contributed by atoms with Crippen molar-refractivity contribution in [2.45, 2.75) is 45.0 Å². The van der Waals surface area contributed by atoms with Crippen LogP contribution in [0.1, 0.15) is 32.6 Å². The highest BCUT2D eigenvalue weighted by Crippen LogP contribution is 2.32. The molecule has 2 nitrogen and oxygen atoms in total. The van der Waals surface area contributed by atoms with Gasteiger partial charge in [-0.1, -0.05) is 18.6 Å². The van der Waals surface area contributed by atoms with Crippen LogP contribution in [0.4, 0.5) is 0 Å². The van der Waals surface area contributed by atoms with Crippen LogP contribution in [0.25, 0.3) is 0 Å². The van der Waals surface area contributed by atoms with Crippen molar-refractivity contribution < 1.29 is 9.47 Å². The van der Waals surface area contributed by atoms with Gasteiger partial charge in [0.25, 0.3) is 0 Å². The molecule has 1 aliphatic heterocycles. The molecule has 0 aromatic heterocycles. The maximum absolute atomic E-state index is 5.92. The number of ether oxygens (including phenoxy) is 2. The normalized spacial score (nSPS) is 30.8. The molecule has 1 fully saturated rings. The zero-order valence-electron chi connectivity index (χ0n) is 10.4. The van der Waals surface area contributed by atoms with Crippen LogP contribution in [0.3, 0.4) is 0 Å². The molecule has 0 bridgehead atoms. The van der Waals surface area contributed by atoms with Gasteiger partial charge in [-0.05, 0) is 37.3 Å². The highest BCUT2D eigenvalue weighted by molar-refractivity contribution is 5.40. The minimum absolute atomic E-state index is 0.0432. The molecular weight excluding hydrogens is 212 g/mol. The Morgan fingerprint density at radius 2 is 2.41 bits per heavy atom. The summed E-state index contributed by atoms with van der Waals surface area (Å²) in [5.74, 6) is 2.87. The SMILES string of the molecule is C#CC(C)C1=C[C@@H](OC2CCCCO2)CC1=C. The molecule has 0 N–H and O–H groups in total. The summed E-state index contributed by atoms with van der Waals surface area (Å²) in [6, 6.07) is 0. The van der Waals surface area contributed by atoms with Crippen molar-refractivity contribution in [1.29, 1.82) is 0 Å². The van der Waals surface area contributed by atoms with E-state index >= 15 is 0 Å². The molecule has 0 radical (unpaired) electrons. The molecule has 92 valence electrons. The summed E-state index contributed by atoms with van der Waals surface area (Å²) < 4.78 is 11.5. The number of hydrogen-bond acceptors (Lipinski definition) is 2. The van der Waals surface area contributed by atoms with E-state index in [-0.39, 0.29) is 18.3 Å². The molecule has 2 unspecified atom stereocenters. The first-order chi connectivity index (χ1) is 8.20. The molecule has 0 saturated carbocycles. The Bertz CT molecular complexity index is 356. The van der Waals surface area contributed by atoms with Crippen molar-refractivity contribution in [3.05, 3.63) is 23.8 Å². The molecule has 0 aromatic rings. The zero-order valence-corrected chi connectivity index (χ0v) is 10.4. The Kier molecular flexibility index (Phi) is 4.04. The van der Waals surface area contributed by atoms with Crippen LogP contribution < -0.4 is 0 Å². The van der Waals surface area contributed by atoms with Gasteiger partial charge in [0.2, 0.25) is 0 Å². The Morgan fingerprint density at radius 1 is 1.59 bits per heavy atom. The number of rotatable bonds is 3. The van der Waals surface area contributed by atoms with Crippen LogP contribution in [-0.4, -0.2) is 19.0 Å². The van der Waals surface area contributed by atoms with E-state index in [0.717, 1.165) is 37.0 Å². The van der Waals surface area contributed by atoms with Crippen LogP contribution in [0.5, 0.6) is 0 Å². The van der Waals surface area contributed by atoms with Crippen LogP contribution in [0.15, 0.2) is 23.8 Å². The van der Waals surface area contributed by atoms with E-state index in [1.165, 1.54) is 6.42 Å². The number of allylic oxidation sites excluding steroid dienone is 1. The fourth-order valence-corrected chi connectivity index (χ4v) is 2.38. The van der Waals surface area contributed by atoms with Gasteiger partial charge in [-0.3, -0.25) is 0 Å². The Hall–Kier alpha value is -1.04. The average Bonchev–Trinajstić information content (AvgIpc) is 2.70. The van der Waals surface area contributed by atoms with Crippen molar-refractivity contribution in [3.63, 3.8) is 0 Å². The van der Waals surface area contributed by atoms with Gasteiger partial charge in [-0.15, -0.1) is 6.42 Å². The third-order valence-corrected chi connectivity index (χ3v) is 3.40. The maximum atomic E-state index is 5.92.